The molecular weight excluding hydrogens is 360 g/mol. The second-order valence-electron chi connectivity index (χ2n) is 5.77. The van der Waals surface area contributed by atoms with Crippen molar-refractivity contribution in [3.8, 4) is 5.75 Å². The quantitative estimate of drug-likeness (QED) is 0.799. The van der Waals surface area contributed by atoms with Crippen LogP contribution in [0.1, 0.15) is 18.7 Å². The van der Waals surface area contributed by atoms with E-state index in [2.05, 4.69) is 0 Å². The molecule has 0 N–H and O–H groups in total. The Kier molecular flexibility index (Phi) is 5.30. The van der Waals surface area contributed by atoms with E-state index in [1.165, 1.54) is 16.2 Å². The summed E-state index contributed by atoms with van der Waals surface area (Å²) in [6.45, 7) is 4.66. The maximum Gasteiger partial charge on any atom is 0.268 e. The molecule has 0 radical (unpaired) electrons. The molecule has 1 aromatic heterocycles. The highest BCUT2D eigenvalue weighted by molar-refractivity contribution is 7.16. The van der Waals surface area contributed by atoms with Crippen molar-refractivity contribution in [1.82, 2.24) is 4.90 Å². The van der Waals surface area contributed by atoms with Crippen molar-refractivity contribution < 1.29 is 14.3 Å². The van der Waals surface area contributed by atoms with Crippen LogP contribution in [0.2, 0.25) is 4.34 Å². The van der Waals surface area contributed by atoms with Crippen molar-refractivity contribution in [2.75, 3.05) is 18.0 Å². The van der Waals surface area contributed by atoms with Gasteiger partial charge in [0.05, 0.1) is 16.6 Å². The Morgan fingerprint density at radius 2 is 2.08 bits per heavy atom. The maximum atomic E-state index is 12.8. The molecule has 7 heteroatoms. The first kappa shape index (κ1) is 17.8. The number of carbonyl (C=O) groups is 2. The monoisotopic (exact) mass is 378 g/mol. The van der Waals surface area contributed by atoms with Crippen LogP contribution in [0.4, 0.5) is 5.69 Å². The fourth-order valence-corrected chi connectivity index (χ4v) is 3.86. The van der Waals surface area contributed by atoms with Crippen molar-refractivity contribution in [1.29, 1.82) is 0 Å². The summed E-state index contributed by atoms with van der Waals surface area (Å²) in [5.41, 5.74) is 0.633. The van der Waals surface area contributed by atoms with Gasteiger partial charge in [-0.25, -0.2) is 0 Å². The number of rotatable bonds is 5. The van der Waals surface area contributed by atoms with Crippen molar-refractivity contribution in [3.63, 3.8) is 0 Å². The number of carbonyl (C=O) groups excluding carboxylic acids is 2. The number of likely N-dealkylation sites (N-methyl/N-ethyl adjacent to an activating group) is 1. The minimum atomic E-state index is -0.603. The second kappa shape index (κ2) is 7.45. The fourth-order valence-electron chi connectivity index (χ4n) is 2.76. The molecule has 5 nitrogen and oxygen atoms in total. The molecule has 2 heterocycles. The molecule has 0 bridgehead atoms. The van der Waals surface area contributed by atoms with Gasteiger partial charge in [-0.3, -0.25) is 14.5 Å². The van der Waals surface area contributed by atoms with Crippen LogP contribution in [0, 0.1) is 0 Å². The average Bonchev–Trinajstić information content (AvgIpc) is 3.01. The summed E-state index contributed by atoms with van der Waals surface area (Å²) < 4.78 is 6.31. The van der Waals surface area contributed by atoms with Gasteiger partial charge in [0.25, 0.3) is 5.91 Å². The van der Waals surface area contributed by atoms with Crippen LogP contribution in [-0.4, -0.2) is 35.9 Å². The van der Waals surface area contributed by atoms with Crippen LogP contribution in [0.5, 0.6) is 5.75 Å². The Morgan fingerprint density at radius 3 is 2.76 bits per heavy atom. The van der Waals surface area contributed by atoms with Crippen LogP contribution in [0.25, 0.3) is 0 Å². The molecule has 1 unspecified atom stereocenters. The summed E-state index contributed by atoms with van der Waals surface area (Å²) in [6.07, 6.45) is -0.603. The summed E-state index contributed by atoms with van der Waals surface area (Å²) in [4.78, 5) is 29.5. The number of nitrogens with zero attached hydrogens (tertiary/aromatic N) is 2. The first-order valence-electron chi connectivity index (χ1n) is 8.08. The fraction of sp³-hybridized carbons (Fsp3) is 0.333. The van der Waals surface area contributed by atoms with E-state index in [4.69, 9.17) is 16.3 Å². The topological polar surface area (TPSA) is 49.9 Å². The summed E-state index contributed by atoms with van der Waals surface area (Å²) in [5.74, 6) is 0.307. The second-order valence-corrected chi connectivity index (χ2v) is 7.57. The molecule has 0 spiro atoms. The first-order valence-corrected chi connectivity index (χ1v) is 9.28. The van der Waals surface area contributed by atoms with E-state index in [0.29, 0.717) is 28.9 Å². The van der Waals surface area contributed by atoms with Gasteiger partial charge in [-0.05, 0) is 38.1 Å². The summed E-state index contributed by atoms with van der Waals surface area (Å²) in [5, 5.41) is 0. The molecule has 0 saturated heterocycles. The number of benzene rings is 1. The van der Waals surface area contributed by atoms with Gasteiger partial charge >= 0.3 is 0 Å². The van der Waals surface area contributed by atoms with Gasteiger partial charge in [0.1, 0.15) is 12.3 Å². The highest BCUT2D eigenvalue weighted by Crippen LogP contribution is 2.33. The molecule has 0 fully saturated rings. The SMILES string of the molecule is CCN(Cc1ccc(Cl)s1)C(=O)CN1C(=O)C(C)Oc2ccccc21. The van der Waals surface area contributed by atoms with E-state index in [1.807, 2.05) is 31.2 Å². The van der Waals surface area contributed by atoms with Gasteiger partial charge in [-0.1, -0.05) is 23.7 Å². The molecule has 0 aliphatic carbocycles. The van der Waals surface area contributed by atoms with E-state index in [-0.39, 0.29) is 18.4 Å². The van der Waals surface area contributed by atoms with Crippen molar-refractivity contribution in [2.45, 2.75) is 26.5 Å². The number of para-hydroxylation sites is 2. The van der Waals surface area contributed by atoms with Crippen LogP contribution in [-0.2, 0) is 16.1 Å². The van der Waals surface area contributed by atoms with Crippen molar-refractivity contribution in [2.24, 2.45) is 0 Å². The van der Waals surface area contributed by atoms with Gasteiger partial charge < -0.3 is 9.64 Å². The number of fused-ring (bicyclic) bond motifs is 1. The highest BCUT2D eigenvalue weighted by Gasteiger charge is 2.33. The van der Waals surface area contributed by atoms with E-state index < -0.39 is 6.10 Å². The lowest BCUT2D eigenvalue weighted by Gasteiger charge is -2.33. The summed E-state index contributed by atoms with van der Waals surface area (Å²) in [7, 11) is 0. The van der Waals surface area contributed by atoms with E-state index >= 15 is 0 Å². The number of thiophene rings is 1. The lowest BCUT2D eigenvalue weighted by atomic mass is 10.2. The Balaban J connectivity index is 1.77. The minimum absolute atomic E-state index is 0.00348. The van der Waals surface area contributed by atoms with E-state index in [1.54, 1.807) is 24.0 Å². The number of hydrogen-bond acceptors (Lipinski definition) is 4. The number of halogens is 1. The molecule has 0 saturated carbocycles. The van der Waals surface area contributed by atoms with E-state index in [0.717, 1.165) is 4.88 Å². The Bertz CT molecular complexity index is 792. The van der Waals surface area contributed by atoms with Crippen LogP contribution in [0.15, 0.2) is 36.4 Å². The van der Waals surface area contributed by atoms with Crippen LogP contribution in [0.3, 0.4) is 0 Å². The number of hydrogen-bond donors (Lipinski definition) is 0. The zero-order valence-electron chi connectivity index (χ0n) is 14.1. The molecule has 1 aromatic carbocycles. The number of anilines is 1. The minimum Gasteiger partial charge on any atom is -0.479 e. The Hall–Kier alpha value is -2.05. The lowest BCUT2D eigenvalue weighted by molar-refractivity contribution is -0.133. The molecule has 1 aliphatic heterocycles. The van der Waals surface area contributed by atoms with E-state index in [9.17, 15) is 9.59 Å². The van der Waals surface area contributed by atoms with Gasteiger partial charge in [-0.15, -0.1) is 11.3 Å². The molecule has 1 atom stereocenters. The highest BCUT2D eigenvalue weighted by atomic mass is 35.5. The van der Waals surface area contributed by atoms with Gasteiger partial charge in [0.15, 0.2) is 6.10 Å². The standard InChI is InChI=1S/C18H19ClN2O3S/c1-3-20(10-13-8-9-16(19)25-13)17(22)11-21-14-6-4-5-7-15(14)24-12(2)18(21)23/h4-9,12H,3,10-11H2,1-2H3. The molecule has 2 amide bonds. The molecule has 3 rings (SSSR count). The van der Waals surface area contributed by atoms with Crippen molar-refractivity contribution in [3.05, 3.63) is 45.6 Å². The van der Waals surface area contributed by atoms with Gasteiger partial charge in [0.2, 0.25) is 5.91 Å². The third-order valence-electron chi connectivity index (χ3n) is 4.08. The smallest absolute Gasteiger partial charge is 0.268 e. The lowest BCUT2D eigenvalue weighted by Crippen LogP contribution is -2.49. The third kappa shape index (κ3) is 3.80. The zero-order chi connectivity index (χ0) is 18.0. The molecular formula is C18H19ClN2O3S. The van der Waals surface area contributed by atoms with Gasteiger partial charge in [0, 0.05) is 11.4 Å². The van der Waals surface area contributed by atoms with Crippen molar-refractivity contribution >= 4 is 40.4 Å². The normalized spacial score (nSPS) is 16.4. The number of ether oxygens (including phenoxy) is 1. The summed E-state index contributed by atoms with van der Waals surface area (Å²) in [6, 6.07) is 11.0. The van der Waals surface area contributed by atoms with Crippen LogP contribution < -0.4 is 9.64 Å². The molecule has 25 heavy (non-hydrogen) atoms. The molecule has 2 aromatic rings. The average molecular weight is 379 g/mol. The molecule has 132 valence electrons. The third-order valence-corrected chi connectivity index (χ3v) is 5.29. The van der Waals surface area contributed by atoms with Gasteiger partial charge in [-0.2, -0.15) is 0 Å². The predicted octanol–water partition coefficient (Wildman–Crippen LogP) is 3.56. The molecule has 1 aliphatic rings. The zero-order valence-corrected chi connectivity index (χ0v) is 15.6. The Labute approximate surface area is 155 Å². The number of amides is 2. The van der Waals surface area contributed by atoms with Crippen LogP contribution >= 0.6 is 22.9 Å². The predicted molar refractivity (Wildman–Crippen MR) is 99.3 cm³/mol. The summed E-state index contributed by atoms with van der Waals surface area (Å²) >= 11 is 7.42. The largest absolute Gasteiger partial charge is 0.479 e. The Morgan fingerprint density at radius 1 is 1.32 bits per heavy atom. The first-order chi connectivity index (χ1) is 12.0. The maximum absolute atomic E-state index is 12.8.